The van der Waals surface area contributed by atoms with Crippen LogP contribution in [0.3, 0.4) is 0 Å². The lowest BCUT2D eigenvalue weighted by atomic mass is 9.77. The molecule has 4 aromatic carbocycles. The van der Waals surface area contributed by atoms with Crippen molar-refractivity contribution in [1.82, 2.24) is 14.8 Å². The Hall–Kier alpha value is -5.16. The molecule has 5 heteroatoms. The maximum atomic E-state index is 13.3. The van der Waals surface area contributed by atoms with Crippen LogP contribution in [0.2, 0.25) is 0 Å². The monoisotopic (exact) mass is 563 g/mol. The summed E-state index contributed by atoms with van der Waals surface area (Å²) in [5.74, 6) is 0.154. The molecule has 6 aromatic rings. The molecule has 0 aliphatic rings. The zero-order chi connectivity index (χ0) is 29.8. The van der Waals surface area contributed by atoms with Crippen molar-refractivity contribution in [3.05, 3.63) is 167 Å². The van der Waals surface area contributed by atoms with E-state index in [2.05, 4.69) is 48.3 Å². The van der Waals surface area contributed by atoms with Gasteiger partial charge in [0.25, 0.3) is 0 Å². The standard InChI is InChI=1S/C38H33N3O2/c1-27(29-15-7-3-8-16-29)23-34(43)24-33-25-36-37(35(26-42)39-33)28(2)40-41(36)38(30-17-9-4-10-18-30,31-19-11-5-12-20-31)32-21-13-6-14-22-32/h3-22,25-27H,23-24H2,1-2H3/t27-/m0/s1. The molecule has 6 rings (SSSR count). The van der Waals surface area contributed by atoms with E-state index in [1.54, 1.807) is 0 Å². The maximum absolute atomic E-state index is 13.3. The van der Waals surface area contributed by atoms with Gasteiger partial charge in [0.2, 0.25) is 0 Å². The summed E-state index contributed by atoms with van der Waals surface area (Å²) in [7, 11) is 0. The Kier molecular flexibility index (Phi) is 7.80. The lowest BCUT2D eigenvalue weighted by Crippen LogP contribution is -2.38. The Balaban J connectivity index is 1.56. The summed E-state index contributed by atoms with van der Waals surface area (Å²) in [6, 6.07) is 42.9. The number of aryl methyl sites for hydroxylation is 1. The largest absolute Gasteiger partial charge is 0.299 e. The second kappa shape index (κ2) is 12.0. The highest BCUT2D eigenvalue weighted by atomic mass is 16.1. The van der Waals surface area contributed by atoms with Crippen LogP contribution in [0.15, 0.2) is 127 Å². The summed E-state index contributed by atoms with van der Waals surface area (Å²) in [5.41, 5.74) is 5.65. The van der Waals surface area contributed by atoms with E-state index in [1.165, 1.54) is 0 Å². The average Bonchev–Trinajstić information content (AvgIpc) is 3.39. The molecule has 0 aliphatic carbocycles. The van der Waals surface area contributed by atoms with Crippen molar-refractivity contribution in [3.8, 4) is 0 Å². The highest BCUT2D eigenvalue weighted by Gasteiger charge is 2.41. The van der Waals surface area contributed by atoms with Gasteiger partial charge in [-0.3, -0.25) is 9.59 Å². The third-order valence-electron chi connectivity index (χ3n) is 8.20. The molecule has 212 valence electrons. The van der Waals surface area contributed by atoms with Crippen LogP contribution in [0.5, 0.6) is 0 Å². The summed E-state index contributed by atoms with van der Waals surface area (Å²) < 4.78 is 2.02. The summed E-state index contributed by atoms with van der Waals surface area (Å²) >= 11 is 0. The normalized spacial score (nSPS) is 12.2. The highest BCUT2D eigenvalue weighted by Crippen LogP contribution is 2.43. The molecule has 2 aromatic heterocycles. The molecule has 5 nitrogen and oxygen atoms in total. The quantitative estimate of drug-likeness (QED) is 0.127. The van der Waals surface area contributed by atoms with Gasteiger partial charge in [0.05, 0.1) is 22.3 Å². The molecule has 0 N–H and O–H groups in total. The van der Waals surface area contributed by atoms with Gasteiger partial charge in [-0.1, -0.05) is 128 Å². The first-order valence-electron chi connectivity index (χ1n) is 14.6. The SMILES string of the molecule is Cc1nn(C(c2ccccc2)(c2ccccc2)c2ccccc2)c2cc(CC(=O)C[C@H](C)c3ccccc3)nc(C=O)c12. The molecule has 0 saturated carbocycles. The van der Waals surface area contributed by atoms with Gasteiger partial charge in [-0.15, -0.1) is 0 Å². The van der Waals surface area contributed by atoms with Crippen LogP contribution in [-0.2, 0) is 16.8 Å². The lowest BCUT2D eigenvalue weighted by Gasteiger charge is -2.37. The van der Waals surface area contributed by atoms with Crippen molar-refractivity contribution in [2.75, 3.05) is 0 Å². The molecule has 2 heterocycles. The van der Waals surface area contributed by atoms with Crippen molar-refractivity contribution in [2.45, 2.75) is 38.1 Å². The number of carbonyl (C=O) groups is 2. The number of aldehydes is 1. The number of rotatable bonds is 10. The fraction of sp³-hybridized carbons (Fsp3) is 0.158. The Morgan fingerprint density at radius 3 is 1.77 bits per heavy atom. The Morgan fingerprint density at radius 1 is 0.791 bits per heavy atom. The van der Waals surface area contributed by atoms with Crippen LogP contribution in [0, 0.1) is 6.92 Å². The predicted octanol–water partition coefficient (Wildman–Crippen LogP) is 7.70. The van der Waals surface area contributed by atoms with E-state index < -0.39 is 5.54 Å². The third-order valence-corrected chi connectivity index (χ3v) is 8.20. The van der Waals surface area contributed by atoms with E-state index in [0.29, 0.717) is 28.9 Å². The molecule has 43 heavy (non-hydrogen) atoms. The molecule has 0 spiro atoms. The van der Waals surface area contributed by atoms with Crippen LogP contribution < -0.4 is 0 Å². The number of pyridine rings is 1. The maximum Gasteiger partial charge on any atom is 0.169 e. The van der Waals surface area contributed by atoms with Gasteiger partial charge in [-0.25, -0.2) is 9.67 Å². The number of fused-ring (bicyclic) bond motifs is 1. The Bertz CT molecular complexity index is 1770. The van der Waals surface area contributed by atoms with Crippen LogP contribution in [0.1, 0.15) is 63.4 Å². The van der Waals surface area contributed by atoms with Crippen molar-refractivity contribution < 1.29 is 9.59 Å². The minimum absolute atomic E-state index is 0.0725. The average molecular weight is 564 g/mol. The predicted molar refractivity (Wildman–Crippen MR) is 170 cm³/mol. The molecule has 0 radical (unpaired) electrons. The highest BCUT2D eigenvalue weighted by molar-refractivity contribution is 5.97. The number of Topliss-reactive ketones (excluding diaryl/α,β-unsaturated/α-hetero) is 1. The number of nitrogens with zero attached hydrogens (tertiary/aromatic N) is 3. The van der Waals surface area contributed by atoms with Crippen LogP contribution in [-0.4, -0.2) is 26.8 Å². The topological polar surface area (TPSA) is 64.8 Å². The Morgan fingerprint density at radius 2 is 1.28 bits per heavy atom. The minimum atomic E-state index is -0.860. The number of ketones is 1. The second-order valence-corrected chi connectivity index (χ2v) is 11.0. The molecule has 0 aliphatic heterocycles. The summed E-state index contributed by atoms with van der Waals surface area (Å²) in [5, 5.41) is 5.83. The molecule has 0 saturated heterocycles. The summed E-state index contributed by atoms with van der Waals surface area (Å²) in [4.78, 5) is 30.5. The van der Waals surface area contributed by atoms with E-state index in [-0.39, 0.29) is 18.1 Å². The van der Waals surface area contributed by atoms with Gasteiger partial charge in [-0.2, -0.15) is 5.10 Å². The molecule has 0 unspecified atom stereocenters. The number of aromatic nitrogens is 3. The molecular weight excluding hydrogens is 530 g/mol. The first-order valence-corrected chi connectivity index (χ1v) is 14.6. The van der Waals surface area contributed by atoms with Gasteiger partial charge in [0, 0.05) is 12.8 Å². The van der Waals surface area contributed by atoms with Gasteiger partial charge in [0.1, 0.15) is 17.0 Å². The van der Waals surface area contributed by atoms with Gasteiger partial charge < -0.3 is 0 Å². The fourth-order valence-corrected chi connectivity index (χ4v) is 6.25. The van der Waals surface area contributed by atoms with E-state index in [1.807, 2.05) is 103 Å². The first kappa shape index (κ1) is 28.0. The molecule has 0 amide bonds. The van der Waals surface area contributed by atoms with Crippen molar-refractivity contribution >= 4 is 23.0 Å². The molecule has 0 bridgehead atoms. The minimum Gasteiger partial charge on any atom is -0.299 e. The Labute approximate surface area is 251 Å². The van der Waals surface area contributed by atoms with Gasteiger partial charge in [0.15, 0.2) is 6.29 Å². The van der Waals surface area contributed by atoms with Crippen LogP contribution in [0.4, 0.5) is 0 Å². The van der Waals surface area contributed by atoms with E-state index >= 15 is 0 Å². The van der Waals surface area contributed by atoms with Crippen molar-refractivity contribution in [1.29, 1.82) is 0 Å². The van der Waals surface area contributed by atoms with Gasteiger partial charge >= 0.3 is 0 Å². The van der Waals surface area contributed by atoms with Crippen LogP contribution in [0.25, 0.3) is 10.9 Å². The first-order chi connectivity index (χ1) is 21.0. The van der Waals surface area contributed by atoms with Crippen LogP contribution >= 0.6 is 0 Å². The number of hydrogen-bond donors (Lipinski definition) is 0. The molecule has 1 atom stereocenters. The lowest BCUT2D eigenvalue weighted by molar-refractivity contribution is -0.118. The van der Waals surface area contributed by atoms with E-state index in [4.69, 9.17) is 5.10 Å². The van der Waals surface area contributed by atoms with E-state index in [9.17, 15) is 9.59 Å². The second-order valence-electron chi connectivity index (χ2n) is 11.0. The zero-order valence-corrected chi connectivity index (χ0v) is 24.4. The number of benzene rings is 4. The molecule has 0 fully saturated rings. The molecular formula is C38H33N3O2. The van der Waals surface area contributed by atoms with Crippen molar-refractivity contribution in [3.63, 3.8) is 0 Å². The number of carbonyl (C=O) groups excluding carboxylic acids is 2. The zero-order valence-electron chi connectivity index (χ0n) is 24.4. The summed E-state index contributed by atoms with van der Waals surface area (Å²) in [6.07, 6.45) is 1.30. The number of hydrogen-bond acceptors (Lipinski definition) is 4. The summed E-state index contributed by atoms with van der Waals surface area (Å²) in [6.45, 7) is 3.97. The fourth-order valence-electron chi connectivity index (χ4n) is 6.25. The van der Waals surface area contributed by atoms with Crippen molar-refractivity contribution in [2.24, 2.45) is 0 Å². The van der Waals surface area contributed by atoms with Gasteiger partial charge in [-0.05, 0) is 41.2 Å². The smallest absolute Gasteiger partial charge is 0.169 e. The van der Waals surface area contributed by atoms with E-state index in [0.717, 1.165) is 34.1 Å². The third kappa shape index (κ3) is 5.19.